The van der Waals surface area contributed by atoms with Crippen molar-refractivity contribution in [3.63, 3.8) is 0 Å². The number of nitrogens with two attached hydrogens (primary N) is 1. The molecule has 0 saturated heterocycles. The van der Waals surface area contributed by atoms with Gasteiger partial charge in [-0.15, -0.1) is 15.3 Å². The number of phenolic OH excluding ortho intramolecular Hbond substituents is 1. The Labute approximate surface area is 278 Å². The van der Waals surface area contributed by atoms with Gasteiger partial charge in [-0.05, 0) is 79.0 Å². The monoisotopic (exact) mass is 728 g/mol. The fourth-order valence-corrected chi connectivity index (χ4v) is 6.60. The quantitative estimate of drug-likeness (QED) is 0.0734. The van der Waals surface area contributed by atoms with Gasteiger partial charge in [0, 0.05) is 28.3 Å². The van der Waals surface area contributed by atoms with Crippen molar-refractivity contribution >= 4 is 86.2 Å². The van der Waals surface area contributed by atoms with Crippen molar-refractivity contribution < 1.29 is 48.8 Å². The molecule has 0 bridgehead atoms. The van der Waals surface area contributed by atoms with Crippen LogP contribution < -0.4 is 11.1 Å². The molecule has 0 aliphatic rings. The van der Waals surface area contributed by atoms with E-state index in [1.165, 1.54) is 42.5 Å². The summed E-state index contributed by atoms with van der Waals surface area (Å²) in [6.45, 7) is 1.84. The summed E-state index contributed by atoms with van der Waals surface area (Å²) in [6, 6.07) is 14.8. The van der Waals surface area contributed by atoms with E-state index in [9.17, 15) is 48.8 Å². The molecule has 254 valence electrons. The normalized spacial score (nSPS) is 12.7. The van der Waals surface area contributed by atoms with Crippen molar-refractivity contribution in [2.75, 3.05) is 11.9 Å². The fraction of sp³-hybridized carbons (Fsp3) is 0.0690. The zero-order chi connectivity index (χ0) is 35.9. The van der Waals surface area contributed by atoms with Gasteiger partial charge in [0.1, 0.15) is 15.5 Å². The van der Waals surface area contributed by atoms with Crippen molar-refractivity contribution in [2.24, 2.45) is 26.2 Å². The highest BCUT2D eigenvalue weighted by Gasteiger charge is 2.25. The van der Waals surface area contributed by atoms with Gasteiger partial charge in [-0.3, -0.25) is 18.5 Å². The highest BCUT2D eigenvalue weighted by atomic mass is 32.2. The first-order valence-corrected chi connectivity index (χ1v) is 18.0. The molecule has 0 aromatic heterocycles. The molecule has 0 aliphatic heterocycles. The number of rotatable bonds is 10. The molecule has 0 unspecified atom stereocenters. The lowest BCUT2D eigenvalue weighted by molar-refractivity contribution is 0.1000. The number of phenols is 1. The number of fused-ring (bicyclic) bond motifs is 2. The molecule has 1 amide bonds. The number of primary amides is 1. The predicted octanol–water partition coefficient (Wildman–Crippen LogP) is 5.80. The van der Waals surface area contributed by atoms with Gasteiger partial charge < -0.3 is 16.2 Å². The van der Waals surface area contributed by atoms with Crippen molar-refractivity contribution in [3.8, 4) is 5.75 Å². The number of nitrogens with one attached hydrogen (secondary N) is 1. The number of carbonyl (C=O) groups excluding carboxylic acids is 1. The Balaban J connectivity index is 1.69. The first-order valence-electron chi connectivity index (χ1n) is 13.7. The van der Waals surface area contributed by atoms with Crippen LogP contribution >= 0.6 is 0 Å². The first kappa shape index (κ1) is 34.9. The summed E-state index contributed by atoms with van der Waals surface area (Å²) in [5.74, 6) is -1.47. The van der Waals surface area contributed by atoms with Crippen LogP contribution in [0.5, 0.6) is 5.75 Å². The maximum absolute atomic E-state index is 12.4. The van der Waals surface area contributed by atoms with Crippen molar-refractivity contribution in [2.45, 2.75) is 21.6 Å². The molecule has 17 nitrogen and oxygen atoms in total. The van der Waals surface area contributed by atoms with Crippen LogP contribution in [0.3, 0.4) is 0 Å². The molecular weight excluding hydrogens is 705 g/mol. The average Bonchev–Trinajstić information content (AvgIpc) is 3.02. The SMILES string of the molecule is CCNc1cc2c(O)c(N=Nc3ccc(N=Nc4ccc(C(N)=O)cc4)c4cc(S(=O)(=O)O)ccc34)c(S(=O)(=O)O)cc2cc1S(=O)(=O)O. The lowest BCUT2D eigenvalue weighted by Crippen LogP contribution is -2.10. The van der Waals surface area contributed by atoms with Crippen LogP contribution in [0, 0.1) is 0 Å². The summed E-state index contributed by atoms with van der Waals surface area (Å²) in [5, 5.41) is 30.0. The molecule has 0 saturated carbocycles. The second-order valence-corrected chi connectivity index (χ2v) is 14.4. The number of amides is 1. The van der Waals surface area contributed by atoms with Crippen LogP contribution in [0.15, 0.2) is 108 Å². The number of benzene rings is 5. The summed E-state index contributed by atoms with van der Waals surface area (Å²) in [7, 11) is -14.6. The molecule has 0 radical (unpaired) electrons. The molecule has 5 rings (SSSR count). The highest BCUT2D eigenvalue weighted by Crippen LogP contribution is 2.44. The largest absolute Gasteiger partial charge is 0.505 e. The topological polar surface area (TPSA) is 288 Å². The van der Waals surface area contributed by atoms with Crippen LogP contribution in [0.25, 0.3) is 21.5 Å². The molecule has 0 spiro atoms. The number of carbonyl (C=O) groups is 1. The molecule has 7 N–H and O–H groups in total. The second-order valence-electron chi connectivity index (χ2n) is 10.2. The first-order chi connectivity index (χ1) is 22.9. The summed E-state index contributed by atoms with van der Waals surface area (Å²) < 4.78 is 102. The molecule has 0 fully saturated rings. The third kappa shape index (κ3) is 7.38. The van der Waals surface area contributed by atoms with E-state index < -0.39 is 62.4 Å². The molecule has 5 aromatic carbocycles. The van der Waals surface area contributed by atoms with E-state index in [1.54, 1.807) is 6.92 Å². The van der Waals surface area contributed by atoms with Gasteiger partial charge in [0.05, 0.1) is 27.6 Å². The summed E-state index contributed by atoms with van der Waals surface area (Å²) in [6.07, 6.45) is 0. The minimum Gasteiger partial charge on any atom is -0.505 e. The third-order valence-electron chi connectivity index (χ3n) is 7.00. The summed E-state index contributed by atoms with van der Waals surface area (Å²) in [4.78, 5) is 9.27. The molecule has 5 aromatic rings. The van der Waals surface area contributed by atoms with Crippen molar-refractivity contribution in [3.05, 3.63) is 78.4 Å². The number of nitrogens with zero attached hydrogens (tertiary/aromatic N) is 4. The van der Waals surface area contributed by atoms with Gasteiger partial charge >= 0.3 is 0 Å². The van der Waals surface area contributed by atoms with Crippen LogP contribution in [0.4, 0.5) is 28.4 Å². The second kappa shape index (κ2) is 12.9. The smallest absolute Gasteiger partial charge is 0.296 e. The fourth-order valence-electron chi connectivity index (χ4n) is 4.75. The minimum atomic E-state index is -5.12. The number of anilines is 1. The summed E-state index contributed by atoms with van der Waals surface area (Å²) in [5.41, 5.74) is 5.01. The van der Waals surface area contributed by atoms with E-state index in [0.717, 1.165) is 30.3 Å². The highest BCUT2D eigenvalue weighted by molar-refractivity contribution is 7.86. The Morgan fingerprint density at radius 1 is 0.694 bits per heavy atom. The lowest BCUT2D eigenvalue weighted by atomic mass is 10.1. The van der Waals surface area contributed by atoms with Gasteiger partial charge in [0.2, 0.25) is 5.91 Å². The molecule has 0 aliphatic carbocycles. The molecule has 0 heterocycles. The van der Waals surface area contributed by atoms with Crippen LogP contribution in [-0.4, -0.2) is 56.5 Å². The van der Waals surface area contributed by atoms with Gasteiger partial charge in [-0.2, -0.15) is 30.4 Å². The molecule has 49 heavy (non-hydrogen) atoms. The standard InChI is InChI=1S/C29H24N6O11S3/c1-2-31-24-14-20-16(11-25(24)48(41,42)43)12-26(49(44,45)46)27(28(20)36)35-34-22-9-10-23(21-13-18(47(38,39)40)7-8-19(21)22)33-32-17-5-3-15(4-6-17)29(30)37/h3-14,31,36H,2H2,1H3,(H2,30,37)(H,38,39,40)(H,41,42,43)(H,44,45,46). The average molecular weight is 729 g/mol. The van der Waals surface area contributed by atoms with E-state index >= 15 is 0 Å². The minimum absolute atomic E-state index is 0.0162. The number of hydrogen-bond acceptors (Lipinski definition) is 13. The maximum Gasteiger partial charge on any atom is 0.296 e. The van der Waals surface area contributed by atoms with Gasteiger partial charge in [0.25, 0.3) is 30.4 Å². The van der Waals surface area contributed by atoms with Crippen LogP contribution in [-0.2, 0) is 30.4 Å². The zero-order valence-electron chi connectivity index (χ0n) is 24.9. The lowest BCUT2D eigenvalue weighted by Gasteiger charge is -2.14. The summed E-state index contributed by atoms with van der Waals surface area (Å²) >= 11 is 0. The Kier molecular flexibility index (Phi) is 9.21. The number of azo groups is 2. The van der Waals surface area contributed by atoms with Gasteiger partial charge in [-0.25, -0.2) is 0 Å². The Morgan fingerprint density at radius 2 is 1.29 bits per heavy atom. The Bertz CT molecular complexity index is 2570. The van der Waals surface area contributed by atoms with Gasteiger partial charge in [-0.1, -0.05) is 6.07 Å². The van der Waals surface area contributed by atoms with E-state index in [0.29, 0.717) is 5.69 Å². The van der Waals surface area contributed by atoms with Crippen molar-refractivity contribution in [1.82, 2.24) is 0 Å². The number of aromatic hydroxyl groups is 1. The Hall–Kier alpha value is -5.38. The van der Waals surface area contributed by atoms with Crippen LogP contribution in [0.2, 0.25) is 0 Å². The van der Waals surface area contributed by atoms with E-state index in [1.807, 2.05) is 0 Å². The molecule has 20 heteroatoms. The van der Waals surface area contributed by atoms with Crippen LogP contribution in [0.1, 0.15) is 17.3 Å². The van der Waals surface area contributed by atoms with E-state index in [4.69, 9.17) is 5.73 Å². The Morgan fingerprint density at radius 3 is 1.86 bits per heavy atom. The zero-order valence-corrected chi connectivity index (χ0v) is 27.3. The van der Waals surface area contributed by atoms with E-state index in [-0.39, 0.29) is 50.7 Å². The predicted molar refractivity (Wildman–Crippen MR) is 176 cm³/mol. The maximum atomic E-state index is 12.4. The number of hydrogen-bond donors (Lipinski definition) is 6. The van der Waals surface area contributed by atoms with Gasteiger partial charge in [0.15, 0.2) is 5.75 Å². The molecular formula is C29H24N6O11S3. The van der Waals surface area contributed by atoms with E-state index in [2.05, 4.69) is 25.8 Å². The molecule has 0 atom stereocenters. The van der Waals surface area contributed by atoms with Crippen molar-refractivity contribution in [1.29, 1.82) is 0 Å². The third-order valence-corrected chi connectivity index (χ3v) is 9.61.